The third kappa shape index (κ3) is 5.56. The molecule has 0 N–H and O–H groups in total. The summed E-state index contributed by atoms with van der Waals surface area (Å²) in [7, 11) is -2.21. The van der Waals surface area contributed by atoms with Gasteiger partial charge in [-0.3, -0.25) is 9.59 Å². The molecule has 2 rings (SSSR count). The molecule has 1 aliphatic rings. The maximum Gasteiger partial charge on any atom is 0.237 e. The van der Waals surface area contributed by atoms with Gasteiger partial charge in [0.25, 0.3) is 0 Å². The largest absolute Gasteiger partial charge is 0.496 e. The molecule has 1 heterocycles. The SMILES string of the molecule is COc1ccc(C(C)=O)cc1CS(=O)(=O)CC(=O)N1CCCCCC1. The van der Waals surface area contributed by atoms with E-state index in [1.807, 2.05) is 0 Å². The minimum absolute atomic E-state index is 0.151. The number of likely N-dealkylation sites (tertiary alicyclic amines) is 1. The molecule has 1 aliphatic heterocycles. The van der Waals surface area contributed by atoms with E-state index in [2.05, 4.69) is 0 Å². The van der Waals surface area contributed by atoms with Gasteiger partial charge >= 0.3 is 0 Å². The fourth-order valence-electron chi connectivity index (χ4n) is 3.00. The maximum atomic E-state index is 12.5. The Hall–Kier alpha value is -1.89. The minimum atomic E-state index is -3.65. The summed E-state index contributed by atoms with van der Waals surface area (Å²) in [5.41, 5.74) is 0.823. The number of carbonyl (C=O) groups excluding carboxylic acids is 2. The summed E-state index contributed by atoms with van der Waals surface area (Å²) in [4.78, 5) is 25.5. The van der Waals surface area contributed by atoms with E-state index in [0.717, 1.165) is 25.7 Å². The first-order valence-electron chi connectivity index (χ1n) is 8.48. The van der Waals surface area contributed by atoms with Crippen molar-refractivity contribution in [2.24, 2.45) is 0 Å². The van der Waals surface area contributed by atoms with Crippen LogP contribution in [0.5, 0.6) is 5.75 Å². The van der Waals surface area contributed by atoms with Gasteiger partial charge in [0.2, 0.25) is 5.91 Å². The van der Waals surface area contributed by atoms with Crippen molar-refractivity contribution in [2.45, 2.75) is 38.4 Å². The van der Waals surface area contributed by atoms with Gasteiger partial charge in [0.15, 0.2) is 15.6 Å². The van der Waals surface area contributed by atoms with Crippen molar-refractivity contribution in [3.05, 3.63) is 29.3 Å². The topological polar surface area (TPSA) is 80.8 Å². The molecule has 0 saturated carbocycles. The summed E-state index contributed by atoms with van der Waals surface area (Å²) in [6.45, 7) is 2.66. The molecule has 1 aromatic rings. The van der Waals surface area contributed by atoms with Gasteiger partial charge < -0.3 is 9.64 Å². The Bertz CT molecular complexity index is 734. The number of ketones is 1. The van der Waals surface area contributed by atoms with Crippen LogP contribution in [0.15, 0.2) is 18.2 Å². The van der Waals surface area contributed by atoms with Crippen LogP contribution < -0.4 is 4.74 Å². The van der Waals surface area contributed by atoms with E-state index in [9.17, 15) is 18.0 Å². The molecule has 1 fully saturated rings. The smallest absolute Gasteiger partial charge is 0.237 e. The predicted molar refractivity (Wildman–Crippen MR) is 95.5 cm³/mol. The Labute approximate surface area is 149 Å². The van der Waals surface area contributed by atoms with Crippen LogP contribution in [0.1, 0.15) is 48.5 Å². The third-order valence-corrected chi connectivity index (χ3v) is 5.80. The van der Waals surface area contributed by atoms with Crippen LogP contribution in [0.3, 0.4) is 0 Å². The highest BCUT2D eigenvalue weighted by Gasteiger charge is 2.24. The molecule has 0 radical (unpaired) electrons. The molecule has 6 nitrogen and oxygen atoms in total. The lowest BCUT2D eigenvalue weighted by Gasteiger charge is -2.20. The molecular weight excluding hydrogens is 342 g/mol. The van der Waals surface area contributed by atoms with Crippen LogP contribution >= 0.6 is 0 Å². The van der Waals surface area contributed by atoms with Gasteiger partial charge in [-0.25, -0.2) is 8.42 Å². The molecule has 0 aliphatic carbocycles. The quantitative estimate of drug-likeness (QED) is 0.720. The predicted octanol–water partition coefficient (Wildman–Crippen LogP) is 2.22. The van der Waals surface area contributed by atoms with Crippen molar-refractivity contribution in [3.8, 4) is 5.75 Å². The van der Waals surface area contributed by atoms with E-state index in [1.54, 1.807) is 17.0 Å². The normalized spacial score (nSPS) is 15.5. The number of carbonyl (C=O) groups is 2. The number of benzene rings is 1. The molecule has 0 bridgehead atoms. The van der Waals surface area contributed by atoms with Gasteiger partial charge in [0.05, 0.1) is 12.9 Å². The average molecular weight is 367 g/mol. The summed E-state index contributed by atoms with van der Waals surface area (Å²) < 4.78 is 30.2. The van der Waals surface area contributed by atoms with Gasteiger partial charge in [0.1, 0.15) is 11.5 Å². The molecule has 1 aromatic carbocycles. The fraction of sp³-hybridized carbons (Fsp3) is 0.556. The van der Waals surface area contributed by atoms with Crippen molar-refractivity contribution in [3.63, 3.8) is 0 Å². The van der Waals surface area contributed by atoms with E-state index in [0.29, 0.717) is 30.0 Å². The highest BCUT2D eigenvalue weighted by Crippen LogP contribution is 2.23. The van der Waals surface area contributed by atoms with Gasteiger partial charge in [-0.1, -0.05) is 12.8 Å². The lowest BCUT2D eigenvalue weighted by atomic mass is 10.1. The first-order valence-corrected chi connectivity index (χ1v) is 10.3. The van der Waals surface area contributed by atoms with Gasteiger partial charge in [-0.15, -0.1) is 0 Å². The number of sulfone groups is 1. The summed E-state index contributed by atoms with van der Waals surface area (Å²) in [5.74, 6) is -0.932. The van der Waals surface area contributed by atoms with Crippen molar-refractivity contribution in [1.29, 1.82) is 0 Å². The Morgan fingerprint density at radius 2 is 1.76 bits per heavy atom. The molecule has 138 valence electrons. The number of hydrogen-bond acceptors (Lipinski definition) is 5. The van der Waals surface area contributed by atoms with Crippen molar-refractivity contribution < 1.29 is 22.7 Å². The van der Waals surface area contributed by atoms with Crippen LogP contribution in [0.2, 0.25) is 0 Å². The molecule has 0 aromatic heterocycles. The van der Waals surface area contributed by atoms with E-state index in [1.165, 1.54) is 20.1 Å². The van der Waals surface area contributed by atoms with E-state index in [-0.39, 0.29) is 17.4 Å². The summed E-state index contributed by atoms with van der Waals surface area (Å²) in [6.07, 6.45) is 3.98. The maximum absolute atomic E-state index is 12.5. The Kier molecular flexibility index (Phi) is 6.58. The van der Waals surface area contributed by atoms with Crippen molar-refractivity contribution >= 4 is 21.5 Å². The second-order valence-corrected chi connectivity index (χ2v) is 8.47. The zero-order valence-corrected chi connectivity index (χ0v) is 15.6. The van der Waals surface area contributed by atoms with Gasteiger partial charge in [-0.2, -0.15) is 0 Å². The molecular formula is C18H25NO5S. The molecule has 7 heteroatoms. The zero-order valence-electron chi connectivity index (χ0n) is 14.8. The number of methoxy groups -OCH3 is 1. The summed E-state index contributed by atoms with van der Waals surface area (Å²) in [6, 6.07) is 4.70. The summed E-state index contributed by atoms with van der Waals surface area (Å²) in [5, 5.41) is 0. The number of hydrogen-bond donors (Lipinski definition) is 0. The Morgan fingerprint density at radius 3 is 2.32 bits per heavy atom. The lowest BCUT2D eigenvalue weighted by molar-refractivity contribution is -0.128. The van der Waals surface area contributed by atoms with Gasteiger partial charge in [0, 0.05) is 24.2 Å². The van der Waals surface area contributed by atoms with Crippen LogP contribution in [-0.4, -0.2) is 51.0 Å². The molecule has 25 heavy (non-hydrogen) atoms. The number of rotatable bonds is 6. The fourth-order valence-corrected chi connectivity index (χ4v) is 4.36. The minimum Gasteiger partial charge on any atom is -0.496 e. The van der Waals surface area contributed by atoms with Crippen LogP contribution in [0.25, 0.3) is 0 Å². The Morgan fingerprint density at radius 1 is 1.12 bits per heavy atom. The first kappa shape index (κ1) is 19.4. The highest BCUT2D eigenvalue weighted by molar-refractivity contribution is 7.91. The van der Waals surface area contributed by atoms with E-state index >= 15 is 0 Å². The standard InChI is InChI=1S/C18H25NO5S/c1-14(20)15-7-8-17(24-2)16(11-15)12-25(22,23)13-18(21)19-9-5-3-4-6-10-19/h7-8,11H,3-6,9-10,12-13H2,1-2H3. The first-order chi connectivity index (χ1) is 11.8. The number of Topliss-reactive ketones (excluding diaryl/α,β-unsaturated/α-hetero) is 1. The second kappa shape index (κ2) is 8.47. The van der Waals surface area contributed by atoms with E-state index < -0.39 is 15.6 Å². The van der Waals surface area contributed by atoms with Crippen LogP contribution in [0.4, 0.5) is 0 Å². The monoisotopic (exact) mass is 367 g/mol. The van der Waals surface area contributed by atoms with Crippen LogP contribution in [-0.2, 0) is 20.4 Å². The second-order valence-electron chi connectivity index (χ2n) is 6.41. The molecule has 0 unspecified atom stereocenters. The van der Waals surface area contributed by atoms with Gasteiger partial charge in [-0.05, 0) is 38.0 Å². The van der Waals surface area contributed by atoms with Crippen molar-refractivity contribution in [1.82, 2.24) is 4.90 Å². The lowest BCUT2D eigenvalue weighted by Crippen LogP contribution is -2.36. The Balaban J connectivity index is 2.13. The summed E-state index contributed by atoms with van der Waals surface area (Å²) >= 11 is 0. The van der Waals surface area contributed by atoms with E-state index in [4.69, 9.17) is 4.74 Å². The molecule has 1 saturated heterocycles. The number of ether oxygens (including phenoxy) is 1. The highest BCUT2D eigenvalue weighted by atomic mass is 32.2. The van der Waals surface area contributed by atoms with Crippen LogP contribution in [0, 0.1) is 0 Å². The molecule has 0 spiro atoms. The zero-order chi connectivity index (χ0) is 18.4. The number of amides is 1. The molecule has 1 amide bonds. The third-order valence-electron chi connectivity index (χ3n) is 4.36. The number of nitrogens with zero attached hydrogens (tertiary/aromatic N) is 1. The molecule has 0 atom stereocenters. The van der Waals surface area contributed by atoms with Crippen molar-refractivity contribution in [2.75, 3.05) is 26.0 Å². The average Bonchev–Trinajstić information content (AvgIpc) is 2.83.